The second-order valence-corrected chi connectivity index (χ2v) is 9.91. The molecule has 1 aliphatic heterocycles. The van der Waals surface area contributed by atoms with Gasteiger partial charge in [0.05, 0.1) is 24.5 Å². The molecule has 3 rings (SSSR count). The van der Waals surface area contributed by atoms with E-state index in [9.17, 15) is 17.6 Å². The number of hydrogen-bond donors (Lipinski definition) is 2. The highest BCUT2D eigenvalue weighted by Crippen LogP contribution is 2.25. The number of β-amino-alcohol motifs (C(OH)–C–C–N with tert-alkyl or cyclic N) is 1. The number of nitrogens with one attached hydrogen (secondary N) is 1. The number of nitrogens with zero attached hydrogens (tertiary/aromatic N) is 1. The Morgan fingerprint density at radius 1 is 1.16 bits per heavy atom. The Bertz CT molecular complexity index is 1000. The minimum absolute atomic E-state index is 0.00272. The Balaban J connectivity index is 1.63. The minimum Gasteiger partial charge on any atom is -0.395 e. The van der Waals surface area contributed by atoms with Gasteiger partial charge in [-0.25, -0.2) is 17.5 Å². The highest BCUT2D eigenvalue weighted by molar-refractivity contribution is 7.89. The summed E-state index contributed by atoms with van der Waals surface area (Å²) in [5.74, 6) is -1.28. The van der Waals surface area contributed by atoms with Crippen LogP contribution in [-0.2, 0) is 10.0 Å². The standard InChI is InChI=1S/C23H29FN2O4S/c1-17-13-20(19-5-3-2-4-6-19)14-21(23(17)24)22(28)15-25-31(29,30)16-18-7-9-26(10-8-18)11-12-27/h2-6,13-14,18,25,27H,7-12,15-16H2,1H3. The maximum atomic E-state index is 14.6. The zero-order valence-electron chi connectivity index (χ0n) is 17.7. The van der Waals surface area contributed by atoms with Crippen LogP contribution in [0.4, 0.5) is 4.39 Å². The molecule has 0 bridgehead atoms. The van der Waals surface area contributed by atoms with Crippen molar-refractivity contribution >= 4 is 15.8 Å². The van der Waals surface area contributed by atoms with Gasteiger partial charge in [-0.2, -0.15) is 0 Å². The predicted molar refractivity (Wildman–Crippen MR) is 119 cm³/mol. The fourth-order valence-electron chi connectivity index (χ4n) is 3.93. The predicted octanol–water partition coefficient (Wildman–Crippen LogP) is 2.61. The van der Waals surface area contributed by atoms with Crippen LogP contribution in [0, 0.1) is 18.7 Å². The molecule has 1 aliphatic rings. The summed E-state index contributed by atoms with van der Waals surface area (Å²) in [7, 11) is -3.66. The summed E-state index contributed by atoms with van der Waals surface area (Å²) < 4.78 is 41.9. The number of likely N-dealkylation sites (tertiary alicyclic amines) is 1. The van der Waals surface area contributed by atoms with Crippen molar-refractivity contribution in [2.75, 3.05) is 38.5 Å². The molecule has 8 heteroatoms. The number of aryl methyl sites for hydroxylation is 1. The van der Waals surface area contributed by atoms with E-state index in [-0.39, 0.29) is 23.8 Å². The molecular weight excluding hydrogens is 419 g/mol. The Morgan fingerprint density at radius 3 is 2.48 bits per heavy atom. The molecule has 0 radical (unpaired) electrons. The molecule has 0 saturated carbocycles. The van der Waals surface area contributed by atoms with Gasteiger partial charge in [-0.05, 0) is 67.6 Å². The minimum atomic E-state index is -3.66. The van der Waals surface area contributed by atoms with Crippen molar-refractivity contribution in [2.24, 2.45) is 5.92 Å². The quantitative estimate of drug-likeness (QED) is 0.576. The lowest BCUT2D eigenvalue weighted by Gasteiger charge is -2.31. The van der Waals surface area contributed by atoms with Crippen molar-refractivity contribution in [2.45, 2.75) is 19.8 Å². The Hall–Kier alpha value is -2.13. The topological polar surface area (TPSA) is 86.7 Å². The normalized spacial score (nSPS) is 15.8. The van der Waals surface area contributed by atoms with Gasteiger partial charge in [0.15, 0.2) is 5.78 Å². The van der Waals surface area contributed by atoms with Crippen molar-refractivity contribution in [3.63, 3.8) is 0 Å². The lowest BCUT2D eigenvalue weighted by atomic mass is 9.98. The van der Waals surface area contributed by atoms with Crippen LogP contribution in [0.15, 0.2) is 42.5 Å². The third-order valence-corrected chi connectivity index (χ3v) is 7.19. The van der Waals surface area contributed by atoms with Crippen LogP contribution < -0.4 is 4.72 Å². The first kappa shape index (κ1) is 23.5. The molecule has 0 atom stereocenters. The molecule has 1 saturated heterocycles. The number of Topliss-reactive ketones (excluding diaryl/α,β-unsaturated/α-hetero) is 1. The number of aliphatic hydroxyl groups is 1. The molecule has 1 fully saturated rings. The third-order valence-electron chi connectivity index (χ3n) is 5.69. The van der Waals surface area contributed by atoms with E-state index < -0.39 is 28.2 Å². The van der Waals surface area contributed by atoms with Gasteiger partial charge < -0.3 is 10.0 Å². The summed E-state index contributed by atoms with van der Waals surface area (Å²) in [6, 6.07) is 12.5. The molecule has 1 heterocycles. The highest BCUT2D eigenvalue weighted by atomic mass is 32.2. The number of piperidine rings is 1. The Morgan fingerprint density at radius 2 is 1.84 bits per heavy atom. The van der Waals surface area contributed by atoms with Crippen molar-refractivity contribution < 1.29 is 22.7 Å². The monoisotopic (exact) mass is 448 g/mol. The molecule has 0 aromatic heterocycles. The van der Waals surface area contributed by atoms with Gasteiger partial charge in [0.1, 0.15) is 5.82 Å². The average Bonchev–Trinajstić information content (AvgIpc) is 2.76. The van der Waals surface area contributed by atoms with Crippen LogP contribution in [0.5, 0.6) is 0 Å². The van der Waals surface area contributed by atoms with Gasteiger partial charge in [0, 0.05) is 6.54 Å². The van der Waals surface area contributed by atoms with Crippen LogP contribution in [0.3, 0.4) is 0 Å². The summed E-state index contributed by atoms with van der Waals surface area (Å²) in [5.41, 5.74) is 1.79. The maximum absolute atomic E-state index is 14.6. The van der Waals surface area contributed by atoms with Crippen LogP contribution >= 0.6 is 0 Å². The zero-order chi connectivity index (χ0) is 22.4. The number of ketones is 1. The molecule has 2 N–H and O–H groups in total. The van der Waals surface area contributed by atoms with Crippen LogP contribution in [0.25, 0.3) is 11.1 Å². The number of sulfonamides is 1. The van der Waals surface area contributed by atoms with Gasteiger partial charge in [-0.15, -0.1) is 0 Å². The summed E-state index contributed by atoms with van der Waals surface area (Å²) >= 11 is 0. The smallest absolute Gasteiger partial charge is 0.212 e. The number of hydrogen-bond acceptors (Lipinski definition) is 5. The van der Waals surface area contributed by atoms with E-state index in [1.54, 1.807) is 13.0 Å². The van der Waals surface area contributed by atoms with Crippen LogP contribution in [0.1, 0.15) is 28.8 Å². The molecule has 2 aromatic carbocycles. The van der Waals surface area contributed by atoms with Gasteiger partial charge in [0.25, 0.3) is 0 Å². The SMILES string of the molecule is Cc1cc(-c2ccccc2)cc(C(=O)CNS(=O)(=O)CC2CCN(CCO)CC2)c1F. The van der Waals surface area contributed by atoms with E-state index in [0.29, 0.717) is 17.7 Å². The second kappa shape index (κ2) is 10.5. The second-order valence-electron chi connectivity index (χ2n) is 8.06. The number of rotatable bonds is 9. The van der Waals surface area contributed by atoms with Crippen LogP contribution in [0.2, 0.25) is 0 Å². The summed E-state index contributed by atoms with van der Waals surface area (Å²) in [6.07, 6.45) is 1.45. The summed E-state index contributed by atoms with van der Waals surface area (Å²) in [6.45, 7) is 3.30. The van der Waals surface area contributed by atoms with Crippen molar-refractivity contribution in [1.29, 1.82) is 0 Å². The average molecular weight is 449 g/mol. The first-order valence-electron chi connectivity index (χ1n) is 10.5. The molecule has 0 amide bonds. The first-order chi connectivity index (χ1) is 14.8. The van der Waals surface area contributed by atoms with Crippen LogP contribution in [-0.4, -0.2) is 62.7 Å². The number of benzene rings is 2. The van der Waals surface area contributed by atoms with E-state index in [1.807, 2.05) is 30.3 Å². The lowest BCUT2D eigenvalue weighted by molar-refractivity contribution is 0.0993. The van der Waals surface area contributed by atoms with Gasteiger partial charge in [-0.3, -0.25) is 4.79 Å². The van der Waals surface area contributed by atoms with E-state index in [1.165, 1.54) is 6.07 Å². The molecule has 0 spiro atoms. The summed E-state index contributed by atoms with van der Waals surface area (Å²) in [4.78, 5) is 14.8. The zero-order valence-corrected chi connectivity index (χ0v) is 18.5. The van der Waals surface area contributed by atoms with Gasteiger partial charge >= 0.3 is 0 Å². The van der Waals surface area contributed by atoms with Crippen molar-refractivity contribution in [3.8, 4) is 11.1 Å². The molecule has 2 aromatic rings. The molecular formula is C23H29FN2O4S. The lowest BCUT2D eigenvalue weighted by Crippen LogP contribution is -2.40. The van der Waals surface area contributed by atoms with Gasteiger partial charge in [0.2, 0.25) is 10.0 Å². The maximum Gasteiger partial charge on any atom is 0.212 e. The van der Waals surface area contributed by atoms with Crippen molar-refractivity contribution in [1.82, 2.24) is 9.62 Å². The van der Waals surface area contributed by atoms with E-state index >= 15 is 0 Å². The summed E-state index contributed by atoms with van der Waals surface area (Å²) in [5, 5.41) is 9.00. The van der Waals surface area contributed by atoms with E-state index in [0.717, 1.165) is 31.5 Å². The molecule has 0 aliphatic carbocycles. The van der Waals surface area contributed by atoms with E-state index in [4.69, 9.17) is 5.11 Å². The van der Waals surface area contributed by atoms with Crippen molar-refractivity contribution in [3.05, 3.63) is 59.4 Å². The molecule has 31 heavy (non-hydrogen) atoms. The molecule has 168 valence electrons. The highest BCUT2D eigenvalue weighted by Gasteiger charge is 2.25. The fraction of sp³-hybridized carbons (Fsp3) is 0.435. The van der Waals surface area contributed by atoms with E-state index in [2.05, 4.69) is 9.62 Å². The molecule has 0 unspecified atom stereocenters. The number of aliphatic hydroxyl groups excluding tert-OH is 1. The number of halogens is 1. The number of carbonyl (C=O) groups excluding carboxylic acids is 1. The third kappa shape index (κ3) is 6.43. The Labute approximate surface area is 183 Å². The molecule has 6 nitrogen and oxygen atoms in total. The fourth-order valence-corrected chi connectivity index (χ4v) is 5.35. The van der Waals surface area contributed by atoms with Gasteiger partial charge in [-0.1, -0.05) is 30.3 Å². The largest absolute Gasteiger partial charge is 0.395 e. The first-order valence-corrected chi connectivity index (χ1v) is 12.1. The number of carbonyl (C=O) groups is 1. The Kier molecular flexibility index (Phi) is 7.94.